The number of nitrogens with zero attached hydrogens (tertiary/aromatic N) is 1. The predicted molar refractivity (Wildman–Crippen MR) is 103 cm³/mol. The first kappa shape index (κ1) is 17.7. The highest BCUT2D eigenvalue weighted by Crippen LogP contribution is 2.15. The van der Waals surface area contributed by atoms with Crippen molar-refractivity contribution in [2.45, 2.75) is 19.3 Å². The smallest absolute Gasteiger partial charge is 0.224 e. The number of benzene rings is 2. The highest BCUT2D eigenvalue weighted by molar-refractivity contribution is 5.90. The van der Waals surface area contributed by atoms with Crippen molar-refractivity contribution in [3.63, 3.8) is 0 Å². The van der Waals surface area contributed by atoms with Crippen LogP contribution in [0.15, 0.2) is 73.1 Å². The van der Waals surface area contributed by atoms with Crippen LogP contribution in [0.5, 0.6) is 5.75 Å². The van der Waals surface area contributed by atoms with Gasteiger partial charge < -0.3 is 10.1 Å². The number of nitrogens with one attached hydrogen (secondary N) is 1. The van der Waals surface area contributed by atoms with Crippen LogP contribution in [-0.2, 0) is 17.6 Å². The van der Waals surface area contributed by atoms with Gasteiger partial charge in [-0.1, -0.05) is 24.3 Å². The molecule has 0 saturated carbocycles. The summed E-state index contributed by atoms with van der Waals surface area (Å²) in [4.78, 5) is 16.2. The maximum atomic E-state index is 12.1. The van der Waals surface area contributed by atoms with Crippen molar-refractivity contribution in [2.24, 2.45) is 0 Å². The average molecular weight is 346 g/mol. The van der Waals surface area contributed by atoms with Crippen molar-refractivity contribution in [1.29, 1.82) is 0 Å². The van der Waals surface area contributed by atoms with E-state index in [4.69, 9.17) is 4.74 Å². The van der Waals surface area contributed by atoms with Gasteiger partial charge in [0.2, 0.25) is 5.91 Å². The number of pyridine rings is 1. The lowest BCUT2D eigenvalue weighted by atomic mass is 10.1. The Bertz CT molecular complexity index is 828. The Hall–Kier alpha value is -3.14. The summed E-state index contributed by atoms with van der Waals surface area (Å²) in [7, 11) is 1.64. The van der Waals surface area contributed by atoms with E-state index >= 15 is 0 Å². The van der Waals surface area contributed by atoms with Crippen molar-refractivity contribution in [1.82, 2.24) is 4.98 Å². The van der Waals surface area contributed by atoms with E-state index in [2.05, 4.69) is 10.3 Å². The van der Waals surface area contributed by atoms with Crippen molar-refractivity contribution in [3.05, 3.63) is 89.7 Å². The summed E-state index contributed by atoms with van der Waals surface area (Å²) in [6.07, 6.45) is 5.61. The summed E-state index contributed by atoms with van der Waals surface area (Å²) >= 11 is 0. The standard InChI is InChI=1S/C22H22N2O2/c1-26-21-9-4-17(5-10-21)6-11-22(25)24-20-7-2-18(3-8-20)16-19-12-14-23-15-13-19/h2-5,7-10,12-15H,6,11,16H2,1H3,(H,24,25). The first-order valence-electron chi connectivity index (χ1n) is 8.63. The van der Waals surface area contributed by atoms with Crippen LogP contribution in [0, 0.1) is 0 Å². The van der Waals surface area contributed by atoms with E-state index in [-0.39, 0.29) is 5.91 Å². The van der Waals surface area contributed by atoms with Gasteiger partial charge in [0.1, 0.15) is 5.75 Å². The minimum atomic E-state index is 0.0164. The highest BCUT2D eigenvalue weighted by atomic mass is 16.5. The van der Waals surface area contributed by atoms with Gasteiger partial charge in [0, 0.05) is 24.5 Å². The summed E-state index contributed by atoms with van der Waals surface area (Å²) < 4.78 is 5.14. The minimum Gasteiger partial charge on any atom is -0.497 e. The molecule has 3 rings (SSSR count). The molecule has 2 aromatic carbocycles. The fraction of sp³-hybridized carbons (Fsp3) is 0.182. The molecule has 3 aromatic rings. The topological polar surface area (TPSA) is 51.2 Å². The van der Waals surface area contributed by atoms with Gasteiger partial charge in [-0.05, 0) is 65.9 Å². The first-order valence-corrected chi connectivity index (χ1v) is 8.63. The Morgan fingerprint density at radius 3 is 2.15 bits per heavy atom. The Balaban J connectivity index is 1.49. The molecule has 1 N–H and O–H groups in total. The normalized spacial score (nSPS) is 10.3. The van der Waals surface area contributed by atoms with Gasteiger partial charge in [0.15, 0.2) is 0 Å². The Morgan fingerprint density at radius 2 is 1.50 bits per heavy atom. The second kappa shape index (κ2) is 8.81. The molecule has 1 aromatic heterocycles. The van der Waals surface area contributed by atoms with Gasteiger partial charge >= 0.3 is 0 Å². The van der Waals surface area contributed by atoms with Gasteiger partial charge in [-0.3, -0.25) is 9.78 Å². The second-order valence-electron chi connectivity index (χ2n) is 6.13. The fourth-order valence-electron chi connectivity index (χ4n) is 2.72. The number of carbonyl (C=O) groups excluding carboxylic acids is 1. The number of aromatic nitrogens is 1. The van der Waals surface area contributed by atoms with Gasteiger partial charge in [-0.15, -0.1) is 0 Å². The van der Waals surface area contributed by atoms with Crippen molar-refractivity contribution in [3.8, 4) is 5.75 Å². The van der Waals surface area contributed by atoms with E-state index in [1.54, 1.807) is 19.5 Å². The Labute approximate surface area is 153 Å². The van der Waals surface area contributed by atoms with Crippen molar-refractivity contribution < 1.29 is 9.53 Å². The largest absolute Gasteiger partial charge is 0.497 e. The van der Waals surface area contributed by atoms with Crippen LogP contribution in [0.4, 0.5) is 5.69 Å². The SMILES string of the molecule is COc1ccc(CCC(=O)Nc2ccc(Cc3ccncc3)cc2)cc1. The van der Waals surface area contributed by atoms with Crippen LogP contribution >= 0.6 is 0 Å². The predicted octanol–water partition coefficient (Wildman–Crippen LogP) is 4.25. The molecule has 0 bridgehead atoms. The zero-order valence-corrected chi connectivity index (χ0v) is 14.8. The number of hydrogen-bond acceptors (Lipinski definition) is 3. The van der Waals surface area contributed by atoms with Crippen LogP contribution in [0.3, 0.4) is 0 Å². The summed E-state index contributed by atoms with van der Waals surface area (Å²) in [5.41, 5.74) is 4.36. The van der Waals surface area contributed by atoms with Crippen LogP contribution in [0.2, 0.25) is 0 Å². The maximum absolute atomic E-state index is 12.1. The quantitative estimate of drug-likeness (QED) is 0.696. The molecule has 0 saturated heterocycles. The van der Waals surface area contributed by atoms with Crippen molar-refractivity contribution in [2.75, 3.05) is 12.4 Å². The van der Waals surface area contributed by atoms with E-state index in [9.17, 15) is 4.79 Å². The second-order valence-corrected chi connectivity index (χ2v) is 6.13. The van der Waals surface area contributed by atoms with Crippen LogP contribution in [0.1, 0.15) is 23.1 Å². The van der Waals surface area contributed by atoms with E-state index in [1.165, 1.54) is 11.1 Å². The first-order chi connectivity index (χ1) is 12.7. The molecule has 1 heterocycles. The number of anilines is 1. The molecule has 0 fully saturated rings. The number of rotatable bonds is 7. The van der Waals surface area contributed by atoms with E-state index in [1.807, 2.05) is 60.7 Å². The summed E-state index contributed by atoms with van der Waals surface area (Å²) in [6.45, 7) is 0. The van der Waals surface area contributed by atoms with Gasteiger partial charge in [-0.25, -0.2) is 0 Å². The Kier molecular flexibility index (Phi) is 5.99. The summed E-state index contributed by atoms with van der Waals surface area (Å²) in [5, 5.41) is 2.95. The van der Waals surface area contributed by atoms with E-state index in [0.29, 0.717) is 12.8 Å². The summed E-state index contributed by atoms with van der Waals surface area (Å²) in [5.74, 6) is 0.841. The molecule has 4 nitrogen and oxygen atoms in total. The lowest BCUT2D eigenvalue weighted by Gasteiger charge is -2.07. The third kappa shape index (κ3) is 5.18. The molecular weight excluding hydrogens is 324 g/mol. The molecule has 0 aliphatic heterocycles. The zero-order valence-electron chi connectivity index (χ0n) is 14.8. The van der Waals surface area contributed by atoms with Crippen molar-refractivity contribution >= 4 is 11.6 Å². The van der Waals surface area contributed by atoms with Crippen LogP contribution in [0.25, 0.3) is 0 Å². The van der Waals surface area contributed by atoms with Gasteiger partial charge in [0.25, 0.3) is 0 Å². The van der Waals surface area contributed by atoms with Gasteiger partial charge in [-0.2, -0.15) is 0 Å². The number of hydrogen-bond donors (Lipinski definition) is 1. The molecule has 26 heavy (non-hydrogen) atoms. The molecule has 4 heteroatoms. The zero-order chi connectivity index (χ0) is 18.2. The molecule has 0 radical (unpaired) electrons. The monoisotopic (exact) mass is 346 g/mol. The van der Waals surface area contributed by atoms with Gasteiger partial charge in [0.05, 0.1) is 7.11 Å². The molecule has 0 spiro atoms. The van der Waals surface area contributed by atoms with Crippen LogP contribution < -0.4 is 10.1 Å². The van der Waals surface area contributed by atoms with E-state index in [0.717, 1.165) is 23.4 Å². The molecule has 0 aliphatic rings. The number of carbonyl (C=O) groups is 1. The molecular formula is C22H22N2O2. The summed E-state index contributed by atoms with van der Waals surface area (Å²) in [6, 6.07) is 19.8. The fourth-order valence-corrected chi connectivity index (χ4v) is 2.72. The number of amides is 1. The number of aryl methyl sites for hydroxylation is 1. The lowest BCUT2D eigenvalue weighted by Crippen LogP contribution is -2.12. The highest BCUT2D eigenvalue weighted by Gasteiger charge is 2.04. The number of ether oxygens (including phenoxy) is 1. The number of methoxy groups -OCH3 is 1. The minimum absolute atomic E-state index is 0.0164. The maximum Gasteiger partial charge on any atom is 0.224 e. The van der Waals surface area contributed by atoms with E-state index < -0.39 is 0 Å². The molecule has 0 unspecified atom stereocenters. The average Bonchev–Trinajstić information content (AvgIpc) is 2.69. The van der Waals surface area contributed by atoms with Crippen LogP contribution in [-0.4, -0.2) is 18.0 Å². The third-order valence-corrected chi connectivity index (χ3v) is 4.20. The molecule has 0 atom stereocenters. The Morgan fingerprint density at radius 1 is 0.885 bits per heavy atom. The molecule has 132 valence electrons. The lowest BCUT2D eigenvalue weighted by molar-refractivity contribution is -0.116. The molecule has 0 aliphatic carbocycles. The third-order valence-electron chi connectivity index (χ3n) is 4.20. The molecule has 1 amide bonds.